The predicted molar refractivity (Wildman–Crippen MR) is 68.7 cm³/mol. The highest BCUT2D eigenvalue weighted by Crippen LogP contribution is 2.39. The summed E-state index contributed by atoms with van der Waals surface area (Å²) in [5.41, 5.74) is 6.81. The van der Waals surface area contributed by atoms with Crippen molar-refractivity contribution in [1.29, 1.82) is 0 Å². The van der Waals surface area contributed by atoms with Gasteiger partial charge < -0.3 is 15.2 Å². The van der Waals surface area contributed by atoms with Crippen LogP contribution in [0.2, 0.25) is 0 Å². The molecule has 0 saturated heterocycles. The van der Waals surface area contributed by atoms with Crippen molar-refractivity contribution in [2.75, 3.05) is 27.0 Å². The van der Waals surface area contributed by atoms with Crippen molar-refractivity contribution in [1.82, 2.24) is 0 Å². The first kappa shape index (κ1) is 13.2. The fourth-order valence-electron chi connectivity index (χ4n) is 1.65. The van der Waals surface area contributed by atoms with E-state index in [-0.39, 0.29) is 0 Å². The molecule has 0 bridgehead atoms. The predicted octanol–water partition coefficient (Wildman–Crippen LogP) is 2.32. The quantitative estimate of drug-likeness (QED) is 0.776. The zero-order valence-electron chi connectivity index (χ0n) is 10.1. The number of ether oxygens (including phenoxy) is 2. The third-order valence-corrected chi connectivity index (χ3v) is 3.29. The first-order valence-electron chi connectivity index (χ1n) is 5.26. The standard InChI is InChI=1S/C12H19NO2S/c1-14-10-7-6-9(5-4-8-13)12(16-3)11(10)15-2/h6-7H,4-5,8,13H2,1-3H3. The van der Waals surface area contributed by atoms with Crippen LogP contribution < -0.4 is 15.2 Å². The van der Waals surface area contributed by atoms with Crippen LogP contribution in [0, 0.1) is 0 Å². The highest BCUT2D eigenvalue weighted by molar-refractivity contribution is 7.98. The third-order valence-electron chi connectivity index (χ3n) is 2.44. The lowest BCUT2D eigenvalue weighted by Crippen LogP contribution is -2.02. The van der Waals surface area contributed by atoms with E-state index >= 15 is 0 Å². The SMILES string of the molecule is COc1ccc(CCCN)c(SC)c1OC. The summed E-state index contributed by atoms with van der Waals surface area (Å²) in [6.45, 7) is 0.710. The molecule has 0 aromatic heterocycles. The summed E-state index contributed by atoms with van der Waals surface area (Å²) in [5.74, 6) is 1.60. The van der Waals surface area contributed by atoms with Crippen molar-refractivity contribution in [3.8, 4) is 11.5 Å². The number of benzene rings is 1. The molecule has 0 amide bonds. The molecule has 1 rings (SSSR count). The van der Waals surface area contributed by atoms with E-state index in [0.717, 1.165) is 29.2 Å². The number of hydrogen-bond donors (Lipinski definition) is 1. The summed E-state index contributed by atoms with van der Waals surface area (Å²) in [4.78, 5) is 1.15. The molecule has 0 aliphatic heterocycles. The molecule has 1 aromatic rings. The minimum atomic E-state index is 0.710. The molecule has 16 heavy (non-hydrogen) atoms. The molecule has 0 heterocycles. The largest absolute Gasteiger partial charge is 0.493 e. The molecule has 3 nitrogen and oxygen atoms in total. The first-order valence-corrected chi connectivity index (χ1v) is 6.48. The molecular weight excluding hydrogens is 222 g/mol. The van der Waals surface area contributed by atoms with Gasteiger partial charge in [0.25, 0.3) is 0 Å². The summed E-state index contributed by atoms with van der Waals surface area (Å²) in [6.07, 6.45) is 4.01. The van der Waals surface area contributed by atoms with Gasteiger partial charge in [0.2, 0.25) is 0 Å². The molecule has 0 spiro atoms. The summed E-state index contributed by atoms with van der Waals surface area (Å²) >= 11 is 1.68. The minimum absolute atomic E-state index is 0.710. The second kappa shape index (κ2) is 6.66. The molecule has 0 saturated carbocycles. The highest BCUT2D eigenvalue weighted by Gasteiger charge is 2.13. The van der Waals surface area contributed by atoms with E-state index in [9.17, 15) is 0 Å². The van der Waals surface area contributed by atoms with E-state index < -0.39 is 0 Å². The summed E-state index contributed by atoms with van der Waals surface area (Å²) < 4.78 is 10.7. The van der Waals surface area contributed by atoms with Gasteiger partial charge in [0.1, 0.15) is 0 Å². The lowest BCUT2D eigenvalue weighted by Gasteiger charge is -2.15. The molecule has 4 heteroatoms. The fraction of sp³-hybridized carbons (Fsp3) is 0.500. The smallest absolute Gasteiger partial charge is 0.174 e. The molecular formula is C12H19NO2S. The monoisotopic (exact) mass is 241 g/mol. The summed E-state index contributed by atoms with van der Waals surface area (Å²) in [5, 5.41) is 0. The average molecular weight is 241 g/mol. The van der Waals surface area contributed by atoms with E-state index in [1.54, 1.807) is 26.0 Å². The van der Waals surface area contributed by atoms with Crippen molar-refractivity contribution in [3.05, 3.63) is 17.7 Å². The second-order valence-electron chi connectivity index (χ2n) is 3.39. The lowest BCUT2D eigenvalue weighted by atomic mass is 10.1. The van der Waals surface area contributed by atoms with Crippen LogP contribution in [0.1, 0.15) is 12.0 Å². The molecule has 0 aliphatic rings. The summed E-state index contributed by atoms with van der Waals surface area (Å²) in [7, 11) is 3.33. The van der Waals surface area contributed by atoms with Crippen molar-refractivity contribution in [2.45, 2.75) is 17.7 Å². The Morgan fingerprint density at radius 1 is 1.25 bits per heavy atom. The maximum Gasteiger partial charge on any atom is 0.174 e. The molecule has 0 atom stereocenters. The Bertz CT molecular complexity index is 342. The highest BCUT2D eigenvalue weighted by atomic mass is 32.2. The van der Waals surface area contributed by atoms with E-state index in [1.165, 1.54) is 5.56 Å². The van der Waals surface area contributed by atoms with Crippen LogP contribution in [0.25, 0.3) is 0 Å². The van der Waals surface area contributed by atoms with Crippen LogP contribution in [0.15, 0.2) is 17.0 Å². The average Bonchev–Trinajstić information content (AvgIpc) is 2.34. The number of rotatable bonds is 6. The lowest BCUT2D eigenvalue weighted by molar-refractivity contribution is 0.347. The maximum absolute atomic E-state index is 5.53. The molecule has 1 aromatic carbocycles. The van der Waals surface area contributed by atoms with Crippen molar-refractivity contribution >= 4 is 11.8 Å². The Balaban J connectivity index is 3.10. The third kappa shape index (κ3) is 2.83. The number of thioether (sulfide) groups is 1. The van der Waals surface area contributed by atoms with Crippen molar-refractivity contribution < 1.29 is 9.47 Å². The van der Waals surface area contributed by atoms with Gasteiger partial charge in [-0.1, -0.05) is 6.07 Å². The Kier molecular flexibility index (Phi) is 5.49. The van der Waals surface area contributed by atoms with Crippen LogP contribution in [0.3, 0.4) is 0 Å². The van der Waals surface area contributed by atoms with Gasteiger partial charge in [0, 0.05) is 0 Å². The van der Waals surface area contributed by atoms with Gasteiger partial charge in [-0.3, -0.25) is 0 Å². The topological polar surface area (TPSA) is 44.5 Å². The zero-order valence-corrected chi connectivity index (χ0v) is 10.9. The Morgan fingerprint density at radius 2 is 2.00 bits per heavy atom. The molecule has 0 fully saturated rings. The Labute approximate surface area is 101 Å². The Morgan fingerprint density at radius 3 is 2.50 bits per heavy atom. The second-order valence-corrected chi connectivity index (χ2v) is 4.20. The van der Waals surface area contributed by atoms with Crippen LogP contribution >= 0.6 is 11.8 Å². The van der Waals surface area contributed by atoms with E-state index in [2.05, 4.69) is 6.07 Å². The van der Waals surface area contributed by atoms with Crippen LogP contribution in [0.5, 0.6) is 11.5 Å². The van der Waals surface area contributed by atoms with E-state index in [0.29, 0.717) is 6.54 Å². The maximum atomic E-state index is 5.53. The summed E-state index contributed by atoms with van der Waals surface area (Å²) in [6, 6.07) is 4.03. The van der Waals surface area contributed by atoms with Gasteiger partial charge in [-0.2, -0.15) is 0 Å². The van der Waals surface area contributed by atoms with Gasteiger partial charge in [0.15, 0.2) is 11.5 Å². The molecule has 0 aliphatic carbocycles. The van der Waals surface area contributed by atoms with E-state index in [4.69, 9.17) is 15.2 Å². The van der Waals surface area contributed by atoms with Gasteiger partial charge >= 0.3 is 0 Å². The van der Waals surface area contributed by atoms with Crippen molar-refractivity contribution in [2.24, 2.45) is 5.73 Å². The molecule has 90 valence electrons. The zero-order chi connectivity index (χ0) is 12.0. The number of methoxy groups -OCH3 is 2. The van der Waals surface area contributed by atoms with Gasteiger partial charge in [0.05, 0.1) is 19.1 Å². The first-order chi connectivity index (χ1) is 7.78. The van der Waals surface area contributed by atoms with Gasteiger partial charge in [-0.25, -0.2) is 0 Å². The van der Waals surface area contributed by atoms with Crippen LogP contribution in [-0.2, 0) is 6.42 Å². The number of hydrogen-bond acceptors (Lipinski definition) is 4. The van der Waals surface area contributed by atoms with Crippen LogP contribution in [0.4, 0.5) is 0 Å². The normalized spacial score (nSPS) is 10.2. The van der Waals surface area contributed by atoms with Gasteiger partial charge in [-0.15, -0.1) is 11.8 Å². The van der Waals surface area contributed by atoms with Gasteiger partial charge in [-0.05, 0) is 37.3 Å². The molecule has 0 radical (unpaired) electrons. The molecule has 0 unspecified atom stereocenters. The minimum Gasteiger partial charge on any atom is -0.493 e. The fourth-order valence-corrected chi connectivity index (χ4v) is 2.45. The van der Waals surface area contributed by atoms with Crippen LogP contribution in [-0.4, -0.2) is 27.0 Å². The number of aryl methyl sites for hydroxylation is 1. The van der Waals surface area contributed by atoms with E-state index in [1.807, 2.05) is 12.3 Å². The van der Waals surface area contributed by atoms with Crippen molar-refractivity contribution in [3.63, 3.8) is 0 Å². The molecule has 2 N–H and O–H groups in total. The number of nitrogens with two attached hydrogens (primary N) is 1. The Hall–Kier alpha value is -0.870.